The molecule has 93 heavy (non-hydrogen) atoms. The molecule has 0 heterocycles. The fourth-order valence-corrected chi connectivity index (χ4v) is 10.4. The van der Waals surface area contributed by atoms with Gasteiger partial charge in [0, 0.05) is 19.4 Å². The number of hydrogen-bond acceptors (Lipinski definition) is 8. The van der Waals surface area contributed by atoms with Gasteiger partial charge in [-0.2, -0.15) is 0 Å². The van der Waals surface area contributed by atoms with Gasteiger partial charge >= 0.3 is 19.8 Å². The van der Waals surface area contributed by atoms with Crippen LogP contribution in [0, 0.1) is 0 Å². The molecule has 0 saturated heterocycles. The summed E-state index contributed by atoms with van der Waals surface area (Å²) in [5.41, 5.74) is 5.40. The molecule has 0 bridgehead atoms. The minimum absolute atomic E-state index is 0.0402. The second-order valence-corrected chi connectivity index (χ2v) is 25.1. The lowest BCUT2D eigenvalue weighted by Crippen LogP contribution is -2.29. The second kappa shape index (κ2) is 75.9. The number of nitrogens with two attached hydrogens (primary N) is 1. The zero-order valence-corrected chi connectivity index (χ0v) is 59.8. The van der Waals surface area contributed by atoms with E-state index in [0.29, 0.717) is 6.42 Å². The number of rotatable bonds is 67. The van der Waals surface area contributed by atoms with Crippen molar-refractivity contribution in [2.75, 3.05) is 26.4 Å². The minimum Gasteiger partial charge on any atom is -0.462 e. The van der Waals surface area contributed by atoms with Gasteiger partial charge in [-0.15, -0.1) is 0 Å². The molecule has 10 heteroatoms. The highest BCUT2D eigenvalue weighted by Crippen LogP contribution is 2.43. The lowest BCUT2D eigenvalue weighted by molar-refractivity contribution is -0.161. The molecule has 0 aromatic rings. The number of hydrogen-bond donors (Lipinski definition) is 2. The molecular formula is C83H134NO8P. The lowest BCUT2D eigenvalue weighted by Gasteiger charge is -2.19. The Morgan fingerprint density at radius 3 is 0.828 bits per heavy atom. The molecule has 0 aliphatic heterocycles. The molecule has 0 aromatic heterocycles. The Bertz CT molecular complexity index is 2230. The molecule has 0 aliphatic carbocycles. The third-order valence-electron chi connectivity index (χ3n) is 15.0. The van der Waals surface area contributed by atoms with Crippen molar-refractivity contribution in [3.05, 3.63) is 194 Å². The summed E-state index contributed by atoms with van der Waals surface area (Å²) in [6.07, 6.45) is 115. The Morgan fingerprint density at radius 1 is 0.323 bits per heavy atom. The van der Waals surface area contributed by atoms with Crippen LogP contribution in [0.4, 0.5) is 0 Å². The van der Waals surface area contributed by atoms with Crippen molar-refractivity contribution in [3.63, 3.8) is 0 Å². The van der Waals surface area contributed by atoms with Gasteiger partial charge in [0.05, 0.1) is 13.2 Å². The van der Waals surface area contributed by atoms with Gasteiger partial charge < -0.3 is 20.1 Å². The highest BCUT2D eigenvalue weighted by Gasteiger charge is 2.26. The zero-order valence-electron chi connectivity index (χ0n) is 58.9. The minimum atomic E-state index is -4.42. The normalized spacial score (nSPS) is 14.1. The summed E-state index contributed by atoms with van der Waals surface area (Å²) in [5.74, 6) is -0.863. The number of unbranched alkanes of at least 4 members (excludes halogenated alkanes) is 22. The van der Waals surface area contributed by atoms with Gasteiger partial charge in [0.1, 0.15) is 6.61 Å². The zero-order chi connectivity index (χ0) is 67.2. The van der Waals surface area contributed by atoms with Gasteiger partial charge in [0.25, 0.3) is 0 Å². The van der Waals surface area contributed by atoms with Crippen LogP contribution in [-0.4, -0.2) is 49.3 Å². The number of esters is 2. The van der Waals surface area contributed by atoms with Gasteiger partial charge in [-0.3, -0.25) is 18.6 Å². The molecule has 0 amide bonds. The van der Waals surface area contributed by atoms with Crippen LogP contribution in [0.5, 0.6) is 0 Å². The average Bonchev–Trinajstić information content (AvgIpc) is 3.49. The molecule has 0 saturated carbocycles. The maximum atomic E-state index is 12.8. The van der Waals surface area contributed by atoms with E-state index >= 15 is 0 Å². The molecule has 0 rings (SSSR count). The fraction of sp³-hybridized carbons (Fsp3) is 0.590. The highest BCUT2D eigenvalue weighted by molar-refractivity contribution is 7.47. The van der Waals surface area contributed by atoms with Crippen LogP contribution in [0.2, 0.25) is 0 Å². The first-order valence-corrected chi connectivity index (χ1v) is 38.4. The third kappa shape index (κ3) is 75.8. The molecule has 524 valence electrons. The Balaban J connectivity index is 3.99. The number of phosphoric ester groups is 1. The van der Waals surface area contributed by atoms with E-state index in [1.54, 1.807) is 0 Å². The van der Waals surface area contributed by atoms with Crippen LogP contribution in [-0.2, 0) is 32.7 Å². The SMILES string of the molecule is CC/C=C\C/C=C\C/C=C\C/C=C\C/C=C\C/C=C\C/C=C\C/C=C\C/C=C\C/C=C\C/C=C\C/C=C\CCCCCCC(=O)OC(COC(=O)CCCCCCCCCCCCCCCCCCCC/C=C\C/C=C\C/C=C\C/C=C\CC)COP(=O)(O)OCCN. The summed E-state index contributed by atoms with van der Waals surface area (Å²) < 4.78 is 33.2. The van der Waals surface area contributed by atoms with Gasteiger partial charge in [0.15, 0.2) is 6.10 Å². The van der Waals surface area contributed by atoms with E-state index < -0.39 is 32.5 Å². The van der Waals surface area contributed by atoms with E-state index in [4.69, 9.17) is 24.3 Å². The number of allylic oxidation sites excluding steroid dienone is 32. The van der Waals surface area contributed by atoms with Gasteiger partial charge in [-0.1, -0.05) is 324 Å². The average molecular weight is 1300 g/mol. The summed E-state index contributed by atoms with van der Waals surface area (Å²) in [6.45, 7) is 3.49. The van der Waals surface area contributed by atoms with Crippen LogP contribution in [0.1, 0.15) is 284 Å². The largest absolute Gasteiger partial charge is 0.472 e. The van der Waals surface area contributed by atoms with Gasteiger partial charge in [0.2, 0.25) is 0 Å². The molecule has 0 aromatic carbocycles. The molecule has 3 N–H and O–H groups in total. The van der Waals surface area contributed by atoms with Crippen molar-refractivity contribution in [2.45, 2.75) is 290 Å². The summed E-state index contributed by atoms with van der Waals surface area (Å²) >= 11 is 0. The molecule has 0 radical (unpaired) electrons. The van der Waals surface area contributed by atoms with Crippen LogP contribution in [0.3, 0.4) is 0 Å². The first-order valence-electron chi connectivity index (χ1n) is 36.9. The maximum Gasteiger partial charge on any atom is 0.472 e. The molecule has 2 unspecified atom stereocenters. The smallest absolute Gasteiger partial charge is 0.462 e. The monoisotopic (exact) mass is 1300 g/mol. The Morgan fingerprint density at radius 2 is 0.559 bits per heavy atom. The first kappa shape index (κ1) is 87.9. The van der Waals surface area contributed by atoms with Crippen molar-refractivity contribution in [1.82, 2.24) is 0 Å². The predicted octanol–water partition coefficient (Wildman–Crippen LogP) is 24.9. The number of carbonyl (C=O) groups excluding carboxylic acids is 2. The van der Waals surface area contributed by atoms with E-state index in [1.165, 1.54) is 103 Å². The molecule has 0 fully saturated rings. The number of carbonyl (C=O) groups is 2. The Kier molecular flexibility index (Phi) is 71.7. The number of ether oxygens (including phenoxy) is 2. The van der Waals surface area contributed by atoms with Crippen LogP contribution >= 0.6 is 7.82 Å². The maximum absolute atomic E-state index is 12.8. The van der Waals surface area contributed by atoms with Crippen molar-refractivity contribution in [2.24, 2.45) is 5.73 Å². The molecular weight excluding hydrogens is 1170 g/mol. The molecule has 9 nitrogen and oxygen atoms in total. The summed E-state index contributed by atoms with van der Waals surface area (Å²) in [5, 5.41) is 0. The quantitative estimate of drug-likeness (QED) is 0.0264. The molecule has 2 atom stereocenters. The van der Waals surface area contributed by atoms with Crippen molar-refractivity contribution >= 4 is 19.8 Å². The van der Waals surface area contributed by atoms with E-state index in [-0.39, 0.29) is 32.6 Å². The van der Waals surface area contributed by atoms with Gasteiger partial charge in [-0.05, 0) is 141 Å². The first-order chi connectivity index (χ1) is 45.8. The van der Waals surface area contributed by atoms with E-state index in [9.17, 15) is 19.0 Å². The summed E-state index contributed by atoms with van der Waals surface area (Å²) in [7, 11) is -4.42. The number of phosphoric acid groups is 1. The summed E-state index contributed by atoms with van der Waals surface area (Å²) in [6, 6.07) is 0. The molecule has 0 aliphatic rings. The lowest BCUT2D eigenvalue weighted by atomic mass is 10.0. The van der Waals surface area contributed by atoms with E-state index in [1.807, 2.05) is 0 Å². The van der Waals surface area contributed by atoms with Crippen LogP contribution < -0.4 is 5.73 Å². The van der Waals surface area contributed by atoms with E-state index in [2.05, 4.69) is 208 Å². The van der Waals surface area contributed by atoms with Crippen LogP contribution in [0.25, 0.3) is 0 Å². The van der Waals surface area contributed by atoms with Crippen molar-refractivity contribution in [3.8, 4) is 0 Å². The van der Waals surface area contributed by atoms with Gasteiger partial charge in [-0.25, -0.2) is 4.57 Å². The summed E-state index contributed by atoms with van der Waals surface area (Å²) in [4.78, 5) is 35.4. The highest BCUT2D eigenvalue weighted by atomic mass is 31.2. The van der Waals surface area contributed by atoms with Crippen molar-refractivity contribution in [1.29, 1.82) is 0 Å². The van der Waals surface area contributed by atoms with Crippen molar-refractivity contribution < 1.29 is 37.6 Å². The fourth-order valence-electron chi connectivity index (χ4n) is 9.61. The Labute approximate surface area is 570 Å². The molecule has 0 spiro atoms. The standard InChI is InChI=1S/C83H134NO8P/c1-3-5-7-9-11-13-15-17-19-21-23-25-27-29-31-33-35-36-37-38-39-40-41-42-43-44-46-48-50-52-54-56-58-60-62-64-66-68-70-72-74-76-83(86)92-81(80-91-93(87,88)90-78-77-84)79-89-82(85)75-73-71-69-67-65-63-61-59-57-55-53-51-49-47-45-34-32-30-28-26-24-22-20-18-16-14-12-10-8-6-4-2/h5-8,11-14,17-20,23-26,29,31,35-36,38-39,41-42,44,46,50,52,56,58,62,64,81H,3-4,9-10,15-16,21-22,27-28,30,32-34,37,40,43,45,47-49,51,53-55,57,59-61,63,65-80,84H2,1-2H3,(H,87,88)/b7-5-,8-6-,13-11-,14-12-,19-17-,20-18-,25-23-,26-24-,31-29-,36-35-,39-38-,42-41-,46-44-,52-50-,58-56-,64-62-. The predicted molar refractivity (Wildman–Crippen MR) is 403 cm³/mol. The topological polar surface area (TPSA) is 134 Å². The third-order valence-corrected chi connectivity index (χ3v) is 16.0. The van der Waals surface area contributed by atoms with Crippen LogP contribution in [0.15, 0.2) is 194 Å². The van der Waals surface area contributed by atoms with E-state index in [0.717, 1.165) is 148 Å². The Hall–Kier alpha value is -5.15. The second-order valence-electron chi connectivity index (χ2n) is 23.7.